The van der Waals surface area contributed by atoms with Crippen LogP contribution in [0.4, 0.5) is 17.5 Å². The van der Waals surface area contributed by atoms with Gasteiger partial charge in [0.25, 0.3) is 0 Å². The summed E-state index contributed by atoms with van der Waals surface area (Å²) in [7, 11) is 1.53. The van der Waals surface area contributed by atoms with Gasteiger partial charge in [-0.3, -0.25) is 0 Å². The minimum absolute atomic E-state index is 0.225. The third kappa shape index (κ3) is 5.15. The number of thiol groups is 1. The molecule has 2 aliphatic heterocycles. The van der Waals surface area contributed by atoms with Gasteiger partial charge < -0.3 is 30.6 Å². The summed E-state index contributed by atoms with van der Waals surface area (Å²) in [6.45, 7) is 5.88. The van der Waals surface area contributed by atoms with Crippen LogP contribution in [0.3, 0.4) is 0 Å². The second kappa shape index (κ2) is 9.26. The van der Waals surface area contributed by atoms with Crippen molar-refractivity contribution in [2.45, 2.75) is 18.2 Å². The molecule has 2 saturated heterocycles. The standard InChI is InChI=1S/C15H20N6O2.C3H6OS/c1-9-8-23-4-3-21(9)13-7-12(17)19-15(20-13)10-5-11(16)18-14(6-10)22-2;5-3-1-4-2-3/h5-7,9H,3-4,8H2,1-2H3,(H2,16,18)(H2,17,19,20);3,5H,1-2H2. The van der Waals surface area contributed by atoms with Gasteiger partial charge in [-0.05, 0) is 13.0 Å². The van der Waals surface area contributed by atoms with E-state index in [0.717, 1.165) is 25.6 Å². The fourth-order valence-electron chi connectivity index (χ4n) is 2.78. The van der Waals surface area contributed by atoms with Crippen molar-refractivity contribution in [1.29, 1.82) is 0 Å². The molecule has 28 heavy (non-hydrogen) atoms. The molecule has 2 fully saturated rings. The molecule has 152 valence electrons. The summed E-state index contributed by atoms with van der Waals surface area (Å²) in [5.74, 6) is 2.42. The normalized spacial score (nSPS) is 19.4. The molecule has 10 heteroatoms. The van der Waals surface area contributed by atoms with Crippen LogP contribution in [0.25, 0.3) is 11.4 Å². The van der Waals surface area contributed by atoms with Crippen molar-refractivity contribution in [3.63, 3.8) is 0 Å². The first-order valence-corrected chi connectivity index (χ1v) is 9.54. The lowest BCUT2D eigenvalue weighted by molar-refractivity contribution is 0.0463. The molecule has 0 aromatic carbocycles. The van der Waals surface area contributed by atoms with E-state index < -0.39 is 0 Å². The topological polar surface area (TPSA) is 122 Å². The number of nitrogen functional groups attached to an aromatic ring is 2. The number of ether oxygens (including phenoxy) is 3. The molecule has 2 aliphatic rings. The number of nitrogens with two attached hydrogens (primary N) is 2. The van der Waals surface area contributed by atoms with E-state index >= 15 is 0 Å². The number of pyridine rings is 1. The Balaban J connectivity index is 0.000000391. The van der Waals surface area contributed by atoms with E-state index in [9.17, 15) is 0 Å². The van der Waals surface area contributed by atoms with E-state index in [2.05, 4.69) is 39.4 Å². The SMILES string of the molecule is COc1cc(-c2nc(N)cc(N3CCOCC3C)n2)cc(N)n1.SC1COC1. The molecule has 4 rings (SSSR count). The number of rotatable bonds is 3. The Morgan fingerprint density at radius 1 is 1.07 bits per heavy atom. The molecule has 0 saturated carbocycles. The smallest absolute Gasteiger partial charge is 0.215 e. The first-order chi connectivity index (χ1) is 13.5. The molecule has 9 nitrogen and oxygen atoms in total. The van der Waals surface area contributed by atoms with Crippen LogP contribution in [0.5, 0.6) is 5.88 Å². The summed E-state index contributed by atoms with van der Waals surface area (Å²) in [4.78, 5) is 15.2. The van der Waals surface area contributed by atoms with Gasteiger partial charge in [-0.2, -0.15) is 17.6 Å². The van der Waals surface area contributed by atoms with Crippen LogP contribution in [-0.4, -0.2) is 66.3 Å². The predicted molar refractivity (Wildman–Crippen MR) is 112 cm³/mol. The average Bonchev–Trinajstić information content (AvgIpc) is 2.66. The zero-order valence-corrected chi connectivity index (χ0v) is 16.9. The predicted octanol–water partition coefficient (Wildman–Crippen LogP) is 1.25. The molecule has 4 heterocycles. The lowest BCUT2D eigenvalue weighted by Crippen LogP contribution is -2.44. The van der Waals surface area contributed by atoms with Crippen LogP contribution < -0.4 is 21.1 Å². The zero-order chi connectivity index (χ0) is 20.1. The van der Waals surface area contributed by atoms with Crippen molar-refractivity contribution in [1.82, 2.24) is 15.0 Å². The van der Waals surface area contributed by atoms with Gasteiger partial charge in [0.1, 0.15) is 17.5 Å². The number of aromatic nitrogens is 3. The first kappa shape index (κ1) is 20.4. The maximum Gasteiger partial charge on any atom is 0.215 e. The van der Waals surface area contributed by atoms with Gasteiger partial charge in [0.05, 0.1) is 39.6 Å². The van der Waals surface area contributed by atoms with Crippen molar-refractivity contribution < 1.29 is 14.2 Å². The Bertz CT molecular complexity index is 805. The fraction of sp³-hybridized carbons (Fsp3) is 0.500. The van der Waals surface area contributed by atoms with E-state index in [1.54, 1.807) is 18.2 Å². The molecule has 0 radical (unpaired) electrons. The van der Waals surface area contributed by atoms with Gasteiger partial charge in [0, 0.05) is 29.5 Å². The summed E-state index contributed by atoms with van der Waals surface area (Å²) in [6.07, 6.45) is 0. The third-order valence-electron chi connectivity index (χ3n) is 4.30. The number of nitrogens with zero attached hydrogens (tertiary/aromatic N) is 4. The van der Waals surface area contributed by atoms with Gasteiger partial charge >= 0.3 is 0 Å². The molecule has 0 aliphatic carbocycles. The summed E-state index contributed by atoms with van der Waals surface area (Å²) in [5, 5.41) is 0.537. The van der Waals surface area contributed by atoms with E-state index in [1.807, 2.05) is 0 Å². The monoisotopic (exact) mass is 406 g/mol. The molecular weight excluding hydrogens is 380 g/mol. The van der Waals surface area contributed by atoms with Crippen LogP contribution in [0.2, 0.25) is 0 Å². The van der Waals surface area contributed by atoms with Gasteiger partial charge in [-0.1, -0.05) is 0 Å². The number of methoxy groups -OCH3 is 1. The lowest BCUT2D eigenvalue weighted by atomic mass is 10.2. The van der Waals surface area contributed by atoms with Crippen molar-refractivity contribution >= 4 is 30.1 Å². The van der Waals surface area contributed by atoms with Crippen molar-refractivity contribution in [3.8, 4) is 17.3 Å². The maximum atomic E-state index is 5.97. The van der Waals surface area contributed by atoms with Crippen molar-refractivity contribution in [3.05, 3.63) is 18.2 Å². The first-order valence-electron chi connectivity index (χ1n) is 9.03. The minimum atomic E-state index is 0.225. The highest BCUT2D eigenvalue weighted by Gasteiger charge is 2.21. The molecule has 0 spiro atoms. The minimum Gasteiger partial charge on any atom is -0.481 e. The molecule has 1 unspecified atom stereocenters. The number of anilines is 3. The molecule has 2 aromatic heterocycles. The van der Waals surface area contributed by atoms with Crippen molar-refractivity contribution in [2.75, 3.05) is 56.4 Å². The fourth-order valence-corrected chi connectivity index (χ4v) is 2.99. The Labute approximate surface area is 169 Å². The Kier molecular flexibility index (Phi) is 6.76. The molecule has 1 atom stereocenters. The van der Waals surface area contributed by atoms with Crippen LogP contribution in [-0.2, 0) is 9.47 Å². The highest BCUT2D eigenvalue weighted by Crippen LogP contribution is 2.26. The molecule has 0 amide bonds. The highest BCUT2D eigenvalue weighted by molar-refractivity contribution is 7.81. The molecule has 0 bridgehead atoms. The Morgan fingerprint density at radius 3 is 2.39 bits per heavy atom. The van der Waals surface area contributed by atoms with E-state index in [1.165, 1.54) is 7.11 Å². The Hall–Kier alpha value is -2.30. The maximum absolute atomic E-state index is 5.97. The summed E-state index contributed by atoms with van der Waals surface area (Å²) < 4.78 is 15.4. The van der Waals surface area contributed by atoms with Crippen LogP contribution in [0.1, 0.15) is 6.92 Å². The van der Waals surface area contributed by atoms with Crippen molar-refractivity contribution in [2.24, 2.45) is 0 Å². The quantitative estimate of drug-likeness (QED) is 0.646. The van der Waals surface area contributed by atoms with E-state index in [-0.39, 0.29) is 6.04 Å². The Morgan fingerprint density at radius 2 is 1.79 bits per heavy atom. The highest BCUT2D eigenvalue weighted by atomic mass is 32.1. The van der Waals surface area contributed by atoms with Gasteiger partial charge in [0.15, 0.2) is 5.82 Å². The van der Waals surface area contributed by atoms with Crippen LogP contribution in [0, 0.1) is 0 Å². The second-order valence-electron chi connectivity index (χ2n) is 6.61. The number of hydrogen-bond acceptors (Lipinski definition) is 10. The average molecular weight is 407 g/mol. The second-order valence-corrected chi connectivity index (χ2v) is 7.34. The molecule has 4 N–H and O–H groups in total. The van der Waals surface area contributed by atoms with Crippen LogP contribution in [0.15, 0.2) is 18.2 Å². The zero-order valence-electron chi connectivity index (χ0n) is 16.0. The van der Waals surface area contributed by atoms with Gasteiger partial charge in [0.2, 0.25) is 5.88 Å². The summed E-state index contributed by atoms with van der Waals surface area (Å²) in [5.41, 5.74) is 12.5. The summed E-state index contributed by atoms with van der Waals surface area (Å²) >= 11 is 4.06. The van der Waals surface area contributed by atoms with E-state index in [0.29, 0.717) is 47.4 Å². The molecule has 2 aromatic rings. The molecular formula is C18H26N6O3S. The van der Waals surface area contributed by atoms with E-state index in [4.69, 9.17) is 25.7 Å². The number of morpholine rings is 1. The third-order valence-corrected chi connectivity index (χ3v) is 4.60. The lowest BCUT2D eigenvalue weighted by Gasteiger charge is -2.34. The van der Waals surface area contributed by atoms with Crippen LogP contribution >= 0.6 is 12.6 Å². The van der Waals surface area contributed by atoms with Gasteiger partial charge in [-0.25, -0.2) is 9.97 Å². The van der Waals surface area contributed by atoms with Gasteiger partial charge in [-0.15, -0.1) is 0 Å². The summed E-state index contributed by atoms with van der Waals surface area (Å²) in [6, 6.07) is 5.43. The largest absolute Gasteiger partial charge is 0.481 e. The number of hydrogen-bond donors (Lipinski definition) is 3.